The number of aryl methyl sites for hydroxylation is 1. The molecule has 116 valence electrons. The minimum Gasteiger partial charge on any atom is -0.341 e. The van der Waals surface area contributed by atoms with Gasteiger partial charge in [0.15, 0.2) is 0 Å². The number of benzene rings is 1. The summed E-state index contributed by atoms with van der Waals surface area (Å²) in [5.41, 5.74) is 1.08. The molecular weight excluding hydrogens is 260 g/mol. The Morgan fingerprint density at radius 2 is 2.05 bits per heavy atom. The molecule has 0 aromatic heterocycles. The van der Waals surface area contributed by atoms with Crippen LogP contribution in [0.15, 0.2) is 30.3 Å². The van der Waals surface area contributed by atoms with Gasteiger partial charge in [-0.05, 0) is 37.8 Å². The van der Waals surface area contributed by atoms with E-state index in [9.17, 15) is 4.79 Å². The largest absolute Gasteiger partial charge is 0.341 e. The molecule has 0 saturated carbocycles. The van der Waals surface area contributed by atoms with Crippen LogP contribution < -0.4 is 5.32 Å². The predicted octanol–water partition coefficient (Wildman–Crippen LogP) is 2.86. The molecule has 2 rings (SSSR count). The van der Waals surface area contributed by atoms with Crippen molar-refractivity contribution in [3.63, 3.8) is 0 Å². The number of rotatable bonds is 6. The third kappa shape index (κ3) is 4.31. The highest BCUT2D eigenvalue weighted by Crippen LogP contribution is 2.27. The van der Waals surface area contributed by atoms with Crippen molar-refractivity contribution in [3.05, 3.63) is 35.9 Å². The van der Waals surface area contributed by atoms with Gasteiger partial charge in [-0.2, -0.15) is 0 Å². The van der Waals surface area contributed by atoms with E-state index in [1.54, 1.807) is 0 Å². The van der Waals surface area contributed by atoms with E-state index in [0.717, 1.165) is 38.8 Å². The van der Waals surface area contributed by atoms with E-state index in [-0.39, 0.29) is 11.3 Å². The van der Waals surface area contributed by atoms with E-state index >= 15 is 0 Å². The van der Waals surface area contributed by atoms with E-state index in [4.69, 9.17) is 0 Å². The number of nitrogens with one attached hydrogen (secondary N) is 1. The molecule has 3 heteroatoms. The van der Waals surface area contributed by atoms with Crippen LogP contribution in [0.2, 0.25) is 0 Å². The average Bonchev–Trinajstić information content (AvgIpc) is 3.01. The van der Waals surface area contributed by atoms with E-state index in [2.05, 4.69) is 43.4 Å². The molecule has 1 aliphatic heterocycles. The molecule has 21 heavy (non-hydrogen) atoms. The minimum atomic E-state index is -0.272. The first kappa shape index (κ1) is 16.0. The van der Waals surface area contributed by atoms with E-state index < -0.39 is 0 Å². The normalized spacial score (nSPS) is 18.7. The fourth-order valence-electron chi connectivity index (χ4n) is 3.10. The topological polar surface area (TPSA) is 32.3 Å². The van der Waals surface area contributed by atoms with Gasteiger partial charge < -0.3 is 10.2 Å². The van der Waals surface area contributed by atoms with Crippen LogP contribution in [0.1, 0.15) is 38.7 Å². The summed E-state index contributed by atoms with van der Waals surface area (Å²) in [4.78, 5) is 14.7. The summed E-state index contributed by atoms with van der Waals surface area (Å²) in [5, 5.41) is 3.33. The lowest BCUT2D eigenvalue weighted by Gasteiger charge is -2.33. The highest BCUT2D eigenvalue weighted by Gasteiger charge is 2.33. The third-order valence-corrected chi connectivity index (χ3v) is 4.59. The van der Waals surface area contributed by atoms with Crippen molar-refractivity contribution in [3.8, 4) is 0 Å². The van der Waals surface area contributed by atoms with Crippen molar-refractivity contribution >= 4 is 5.91 Å². The fraction of sp³-hybridized carbons (Fsp3) is 0.611. The highest BCUT2D eigenvalue weighted by molar-refractivity contribution is 5.82. The Morgan fingerprint density at radius 3 is 2.67 bits per heavy atom. The molecule has 3 nitrogen and oxygen atoms in total. The lowest BCUT2D eigenvalue weighted by Crippen LogP contribution is -2.45. The molecule has 1 aromatic carbocycles. The quantitative estimate of drug-likeness (QED) is 0.873. The maximum absolute atomic E-state index is 12.7. The Labute approximate surface area is 128 Å². The number of carbonyl (C=O) groups is 1. The summed E-state index contributed by atoms with van der Waals surface area (Å²) in [6, 6.07) is 10.9. The monoisotopic (exact) mass is 288 g/mol. The van der Waals surface area contributed by atoms with Gasteiger partial charge in [-0.3, -0.25) is 4.79 Å². The third-order valence-electron chi connectivity index (χ3n) is 4.59. The summed E-state index contributed by atoms with van der Waals surface area (Å²) in [6.45, 7) is 6.12. The molecule has 0 bridgehead atoms. The van der Waals surface area contributed by atoms with Gasteiger partial charge in [-0.15, -0.1) is 0 Å². The summed E-state index contributed by atoms with van der Waals surface area (Å²) in [5.74, 6) is 0.282. The predicted molar refractivity (Wildman–Crippen MR) is 87.2 cm³/mol. The standard InChI is InChI=1S/C18H28N2O/c1-18(2,12-7-10-15-8-5-4-6-9-15)17(21)20(3)16-11-13-19-14-16/h4-6,8-9,16,19H,7,10-14H2,1-3H3. The van der Waals surface area contributed by atoms with Crippen molar-refractivity contribution in [2.75, 3.05) is 20.1 Å². The lowest BCUT2D eigenvalue weighted by atomic mass is 9.84. The maximum Gasteiger partial charge on any atom is 0.228 e. The molecule has 0 spiro atoms. The van der Waals surface area contributed by atoms with Crippen molar-refractivity contribution < 1.29 is 4.79 Å². The van der Waals surface area contributed by atoms with E-state index in [1.165, 1.54) is 5.56 Å². The Kier molecular flexibility index (Phi) is 5.40. The van der Waals surface area contributed by atoms with Crippen molar-refractivity contribution in [1.29, 1.82) is 0 Å². The molecule has 1 amide bonds. The smallest absolute Gasteiger partial charge is 0.228 e. The molecule has 1 aromatic rings. The van der Waals surface area contributed by atoms with Crippen LogP contribution >= 0.6 is 0 Å². The Hall–Kier alpha value is -1.35. The molecule has 1 fully saturated rings. The van der Waals surface area contributed by atoms with E-state index in [1.807, 2.05) is 18.0 Å². The fourth-order valence-corrected chi connectivity index (χ4v) is 3.10. The molecule has 1 atom stereocenters. The molecule has 1 heterocycles. The van der Waals surface area contributed by atoms with Gasteiger partial charge in [0.1, 0.15) is 0 Å². The molecule has 1 unspecified atom stereocenters. The van der Waals surface area contributed by atoms with Gasteiger partial charge in [-0.1, -0.05) is 44.2 Å². The number of likely N-dealkylation sites (N-methyl/N-ethyl adjacent to an activating group) is 1. The first-order valence-electron chi connectivity index (χ1n) is 8.02. The van der Waals surface area contributed by atoms with Gasteiger partial charge in [-0.25, -0.2) is 0 Å². The first-order chi connectivity index (χ1) is 10.0. The van der Waals surface area contributed by atoms with Crippen LogP contribution in [0.4, 0.5) is 0 Å². The zero-order valence-electron chi connectivity index (χ0n) is 13.6. The highest BCUT2D eigenvalue weighted by atomic mass is 16.2. The number of nitrogens with zero attached hydrogens (tertiary/aromatic N) is 1. The zero-order valence-corrected chi connectivity index (χ0v) is 13.6. The van der Waals surface area contributed by atoms with Crippen molar-refractivity contribution in [1.82, 2.24) is 10.2 Å². The van der Waals surface area contributed by atoms with Gasteiger partial charge >= 0.3 is 0 Å². The number of hydrogen-bond donors (Lipinski definition) is 1. The molecule has 0 radical (unpaired) electrons. The number of hydrogen-bond acceptors (Lipinski definition) is 2. The second kappa shape index (κ2) is 7.08. The zero-order chi connectivity index (χ0) is 15.3. The lowest BCUT2D eigenvalue weighted by molar-refractivity contribution is -0.141. The Morgan fingerprint density at radius 1 is 1.33 bits per heavy atom. The number of carbonyl (C=O) groups excluding carboxylic acids is 1. The van der Waals surface area contributed by atoms with Crippen LogP contribution in [-0.4, -0.2) is 37.0 Å². The van der Waals surface area contributed by atoms with Gasteiger partial charge in [0.2, 0.25) is 5.91 Å². The number of amides is 1. The van der Waals surface area contributed by atoms with Crippen molar-refractivity contribution in [2.45, 2.75) is 45.6 Å². The summed E-state index contributed by atoms with van der Waals surface area (Å²) in [6.07, 6.45) is 4.11. The minimum absolute atomic E-state index is 0.272. The van der Waals surface area contributed by atoms with E-state index in [0.29, 0.717) is 6.04 Å². The van der Waals surface area contributed by atoms with Crippen LogP contribution in [0.5, 0.6) is 0 Å². The van der Waals surface area contributed by atoms with Gasteiger partial charge in [0.05, 0.1) is 0 Å². The molecule has 1 aliphatic rings. The molecule has 0 aliphatic carbocycles. The van der Waals surface area contributed by atoms with Crippen molar-refractivity contribution in [2.24, 2.45) is 5.41 Å². The molecule has 1 N–H and O–H groups in total. The van der Waals surface area contributed by atoms with Gasteiger partial charge in [0.25, 0.3) is 0 Å². The second-order valence-corrected chi connectivity index (χ2v) is 6.79. The Balaban J connectivity index is 1.83. The van der Waals surface area contributed by atoms with Gasteiger partial charge in [0, 0.05) is 25.0 Å². The van der Waals surface area contributed by atoms with Crippen LogP contribution in [0, 0.1) is 5.41 Å². The van der Waals surface area contributed by atoms with Crippen LogP contribution in [0.3, 0.4) is 0 Å². The summed E-state index contributed by atoms with van der Waals surface area (Å²) < 4.78 is 0. The summed E-state index contributed by atoms with van der Waals surface area (Å²) in [7, 11) is 1.96. The second-order valence-electron chi connectivity index (χ2n) is 6.79. The molecular formula is C18H28N2O. The molecule has 1 saturated heterocycles. The van der Waals surface area contributed by atoms with Crippen LogP contribution in [0.25, 0.3) is 0 Å². The van der Waals surface area contributed by atoms with Crippen LogP contribution in [-0.2, 0) is 11.2 Å². The maximum atomic E-state index is 12.7. The first-order valence-corrected chi connectivity index (χ1v) is 8.02. The Bertz CT molecular complexity index is 450. The SMILES string of the molecule is CN(C(=O)C(C)(C)CCCc1ccccc1)C1CCNC1. The summed E-state index contributed by atoms with van der Waals surface area (Å²) >= 11 is 0. The average molecular weight is 288 g/mol.